The molecule has 5 atom stereocenters. The number of thioether (sulfide) groups is 1. The summed E-state index contributed by atoms with van der Waals surface area (Å²) in [5.41, 5.74) is 4.29. The number of allylic oxidation sites excluding steroid dienone is 3. The van der Waals surface area contributed by atoms with E-state index < -0.39 is 35.6 Å². The van der Waals surface area contributed by atoms with Crippen LogP contribution in [0.4, 0.5) is 0 Å². The standard InChI is InChI=1S/C34H40N4O6S/c1-33(2,3)22-15-16-28(45-20-22)35-25-13-8-6-4-5-7-11-21-18-34(21,31(41)42)37-29(39)26-17-23(19-38(26)30(25)40)43-32-36-24-12-9-10-14-27(24)44-32/h7,9-12,14-15,20-21,23,25-26,35H,4-6,8,13,17-19H2,1-3H3,(H,37,39)(H,41,42)/b11-7-/t21-,23-,25+,26+,34-/m1/s1. The number of amides is 2. The number of aliphatic carboxylic acids is 1. The molecule has 0 radical (unpaired) electrons. The smallest absolute Gasteiger partial charge is 0.394 e. The minimum atomic E-state index is -1.37. The first-order chi connectivity index (χ1) is 21.5. The molecule has 1 aliphatic carbocycles. The lowest BCUT2D eigenvalue weighted by Crippen LogP contribution is -2.55. The van der Waals surface area contributed by atoms with Crippen molar-refractivity contribution in [3.63, 3.8) is 0 Å². The van der Waals surface area contributed by atoms with Gasteiger partial charge in [0, 0.05) is 12.3 Å². The third-order valence-corrected chi connectivity index (χ3v) is 9.84. The Bertz CT molecular complexity index is 1580. The van der Waals surface area contributed by atoms with E-state index in [0.29, 0.717) is 23.9 Å². The number of nitrogens with one attached hydrogen (secondary N) is 2. The van der Waals surface area contributed by atoms with Crippen molar-refractivity contribution in [3.05, 3.63) is 64.2 Å². The maximum atomic E-state index is 14.3. The number of carboxylic acids is 1. The minimum absolute atomic E-state index is 0.0212. The van der Waals surface area contributed by atoms with Crippen molar-refractivity contribution >= 4 is 40.6 Å². The molecule has 11 heteroatoms. The lowest BCUT2D eigenvalue weighted by molar-refractivity contribution is -0.145. The number of nitrogens with zero attached hydrogens (tertiary/aromatic N) is 2. The molecule has 2 amide bonds. The summed E-state index contributed by atoms with van der Waals surface area (Å²) >= 11 is 1.50. The van der Waals surface area contributed by atoms with Crippen LogP contribution in [0.25, 0.3) is 11.1 Å². The van der Waals surface area contributed by atoms with Crippen molar-refractivity contribution in [2.24, 2.45) is 11.3 Å². The molecule has 1 saturated heterocycles. The number of carbonyl (C=O) groups is 3. The number of rotatable bonds is 5. The highest BCUT2D eigenvalue weighted by atomic mass is 32.2. The topological polar surface area (TPSA) is 134 Å². The van der Waals surface area contributed by atoms with Crippen LogP contribution in [-0.2, 0) is 14.4 Å². The number of aromatic nitrogens is 1. The van der Waals surface area contributed by atoms with Crippen LogP contribution < -0.4 is 15.4 Å². The molecule has 2 aromatic rings. The molecule has 10 nitrogen and oxygen atoms in total. The van der Waals surface area contributed by atoms with Gasteiger partial charge < -0.3 is 29.8 Å². The predicted molar refractivity (Wildman–Crippen MR) is 171 cm³/mol. The number of ether oxygens (including phenoxy) is 1. The van der Waals surface area contributed by atoms with Gasteiger partial charge >= 0.3 is 12.0 Å². The molecule has 0 unspecified atom stereocenters. The van der Waals surface area contributed by atoms with Crippen LogP contribution in [0.1, 0.15) is 65.7 Å². The van der Waals surface area contributed by atoms with Gasteiger partial charge in [0.2, 0.25) is 11.8 Å². The number of para-hydroxylation sites is 2. The quantitative estimate of drug-likeness (QED) is 0.297. The van der Waals surface area contributed by atoms with Crippen LogP contribution in [0, 0.1) is 11.3 Å². The SMILES string of the molecule is CC(C)(C)C1=CSC(N[C@H]2CCCCC/C=C\[C@@H]3C[C@@]3(C(=O)O)NC(=O)[C@@H]3C[C@@H](Oc4nc5ccccc5o4)CN3C2=O)=C=C1. The maximum Gasteiger partial charge on any atom is 0.394 e. The van der Waals surface area contributed by atoms with Crippen LogP contribution in [0.15, 0.2) is 68.7 Å². The van der Waals surface area contributed by atoms with Gasteiger partial charge in [0.25, 0.3) is 0 Å². The van der Waals surface area contributed by atoms with Crippen LogP contribution in [-0.4, -0.2) is 63.0 Å². The van der Waals surface area contributed by atoms with Gasteiger partial charge in [-0.05, 0) is 60.3 Å². The Morgan fingerprint density at radius 3 is 2.80 bits per heavy atom. The first kappa shape index (κ1) is 31.0. The van der Waals surface area contributed by atoms with E-state index in [1.54, 1.807) is 6.07 Å². The first-order valence-corrected chi connectivity index (χ1v) is 16.6. The van der Waals surface area contributed by atoms with Crippen molar-refractivity contribution in [1.29, 1.82) is 0 Å². The number of fused-ring (bicyclic) bond motifs is 3. The van der Waals surface area contributed by atoms with Crippen LogP contribution in [0.5, 0.6) is 6.08 Å². The van der Waals surface area contributed by atoms with E-state index in [9.17, 15) is 19.5 Å². The second kappa shape index (κ2) is 12.4. The molecule has 1 aromatic heterocycles. The summed E-state index contributed by atoms with van der Waals surface area (Å²) in [6.45, 7) is 6.56. The molecule has 2 fully saturated rings. The molecule has 6 rings (SSSR count). The molecule has 1 aromatic carbocycles. The van der Waals surface area contributed by atoms with E-state index in [1.807, 2.05) is 36.4 Å². The summed E-state index contributed by atoms with van der Waals surface area (Å²) in [5.74, 6) is -2.09. The fraction of sp³-hybridized carbons (Fsp3) is 0.500. The lowest BCUT2D eigenvalue weighted by Gasteiger charge is -2.30. The summed E-state index contributed by atoms with van der Waals surface area (Å²) in [6.07, 6.45) is 9.93. The van der Waals surface area contributed by atoms with Crippen molar-refractivity contribution < 1.29 is 28.6 Å². The Labute approximate surface area is 267 Å². The van der Waals surface area contributed by atoms with Crippen molar-refractivity contribution in [2.45, 2.75) is 89.4 Å². The fourth-order valence-corrected chi connectivity index (χ4v) is 7.16. The Hall–Kier alpha value is -3.95. The van der Waals surface area contributed by atoms with Crippen molar-refractivity contribution in [3.8, 4) is 6.08 Å². The fourth-order valence-electron chi connectivity index (χ4n) is 6.15. The average Bonchev–Trinajstić information content (AvgIpc) is 3.31. The number of carbonyl (C=O) groups excluding carboxylic acids is 2. The highest BCUT2D eigenvalue weighted by Gasteiger charge is 2.61. The third kappa shape index (κ3) is 6.70. The van der Waals surface area contributed by atoms with E-state index in [2.05, 4.69) is 47.5 Å². The lowest BCUT2D eigenvalue weighted by atomic mass is 9.87. The molecule has 45 heavy (non-hydrogen) atoms. The van der Waals surface area contributed by atoms with E-state index >= 15 is 0 Å². The molecule has 0 bridgehead atoms. The van der Waals surface area contributed by atoms with Gasteiger partial charge in [-0.3, -0.25) is 9.59 Å². The number of hydrogen-bond acceptors (Lipinski definition) is 8. The van der Waals surface area contributed by atoms with Gasteiger partial charge in [0.15, 0.2) is 5.58 Å². The highest BCUT2D eigenvalue weighted by molar-refractivity contribution is 8.05. The van der Waals surface area contributed by atoms with Crippen LogP contribution in [0.3, 0.4) is 0 Å². The molecule has 4 heterocycles. The zero-order valence-electron chi connectivity index (χ0n) is 25.9. The van der Waals surface area contributed by atoms with E-state index in [-0.39, 0.29) is 36.3 Å². The molecule has 4 aliphatic rings. The summed E-state index contributed by atoms with van der Waals surface area (Å²) < 4.78 is 11.9. The molecule has 3 N–H and O–H groups in total. The highest BCUT2D eigenvalue weighted by Crippen LogP contribution is 2.45. The summed E-state index contributed by atoms with van der Waals surface area (Å²) in [4.78, 5) is 46.5. The normalized spacial score (nSPS) is 29.8. The van der Waals surface area contributed by atoms with Gasteiger partial charge in [-0.25, -0.2) is 4.79 Å². The van der Waals surface area contributed by atoms with Gasteiger partial charge in [0.05, 0.1) is 6.54 Å². The summed E-state index contributed by atoms with van der Waals surface area (Å²) in [7, 11) is 0. The van der Waals surface area contributed by atoms with Gasteiger partial charge in [0.1, 0.15) is 34.3 Å². The molecular weight excluding hydrogens is 592 g/mol. The predicted octanol–water partition coefficient (Wildman–Crippen LogP) is 5.29. The Morgan fingerprint density at radius 2 is 2.07 bits per heavy atom. The molecular formula is C34H40N4O6S. The van der Waals surface area contributed by atoms with E-state index in [4.69, 9.17) is 9.15 Å². The summed E-state index contributed by atoms with van der Waals surface area (Å²) in [5, 5.41) is 19.2. The zero-order valence-corrected chi connectivity index (χ0v) is 26.7. The molecule has 0 spiro atoms. The maximum absolute atomic E-state index is 14.3. The van der Waals surface area contributed by atoms with Crippen LogP contribution >= 0.6 is 11.8 Å². The monoisotopic (exact) mass is 632 g/mol. The van der Waals surface area contributed by atoms with Crippen LogP contribution in [0.2, 0.25) is 0 Å². The number of benzene rings is 1. The summed E-state index contributed by atoms with van der Waals surface area (Å²) in [6, 6.07) is 5.78. The molecule has 238 valence electrons. The van der Waals surface area contributed by atoms with Gasteiger partial charge in [-0.1, -0.05) is 75.4 Å². The first-order valence-electron chi connectivity index (χ1n) is 15.7. The van der Waals surface area contributed by atoms with Gasteiger partial charge in [-0.15, -0.1) is 0 Å². The van der Waals surface area contributed by atoms with Crippen molar-refractivity contribution in [2.75, 3.05) is 6.54 Å². The number of carboxylic acid groups (broad SMARTS) is 1. The Morgan fingerprint density at radius 1 is 1.24 bits per heavy atom. The molecule has 3 aliphatic heterocycles. The van der Waals surface area contributed by atoms with E-state index in [0.717, 1.165) is 36.3 Å². The second-order valence-corrected chi connectivity index (χ2v) is 14.2. The zero-order chi connectivity index (χ0) is 31.8. The van der Waals surface area contributed by atoms with Gasteiger partial charge in [-0.2, -0.15) is 4.98 Å². The Balaban J connectivity index is 1.28. The largest absolute Gasteiger partial charge is 0.479 e. The molecule has 1 saturated carbocycles. The number of hydrogen-bond donors (Lipinski definition) is 3. The average molecular weight is 633 g/mol. The second-order valence-electron chi connectivity index (χ2n) is 13.3. The third-order valence-electron chi connectivity index (χ3n) is 9.00. The van der Waals surface area contributed by atoms with E-state index in [1.165, 1.54) is 16.7 Å². The van der Waals surface area contributed by atoms with Crippen molar-refractivity contribution in [1.82, 2.24) is 20.5 Å². The number of oxazole rings is 1. The Kier molecular flexibility index (Phi) is 8.59. The minimum Gasteiger partial charge on any atom is -0.479 e.